The number of carboxylic acids is 1. The Bertz CT molecular complexity index is 699. The fraction of sp³-hybridized carbons (Fsp3) is 0.526. The highest BCUT2D eigenvalue weighted by Crippen LogP contribution is 2.18. The first-order valence-electron chi connectivity index (χ1n) is 9.07. The molecule has 0 aliphatic carbocycles. The molecule has 1 aliphatic rings. The fourth-order valence-electron chi connectivity index (χ4n) is 3.27. The van der Waals surface area contributed by atoms with Crippen LogP contribution in [0.15, 0.2) is 18.2 Å². The Labute approximate surface area is 159 Å². The number of carbonyl (C=O) groups is 3. The molecule has 0 radical (unpaired) electrons. The minimum atomic E-state index is -0.839. The number of hydrogen-bond acceptors (Lipinski definition) is 5. The van der Waals surface area contributed by atoms with Crippen molar-refractivity contribution >= 4 is 23.6 Å². The second-order valence-corrected chi connectivity index (χ2v) is 7.07. The van der Waals surface area contributed by atoms with Crippen molar-refractivity contribution in [2.75, 3.05) is 38.5 Å². The summed E-state index contributed by atoms with van der Waals surface area (Å²) in [5.41, 5.74) is 2.71. The van der Waals surface area contributed by atoms with E-state index in [1.54, 1.807) is 13.1 Å². The van der Waals surface area contributed by atoms with Gasteiger partial charge in [0.25, 0.3) is 0 Å². The van der Waals surface area contributed by atoms with Crippen LogP contribution < -0.4 is 10.6 Å². The molecule has 8 nitrogen and oxygen atoms in total. The molecule has 27 heavy (non-hydrogen) atoms. The minimum absolute atomic E-state index is 0.0176. The highest BCUT2D eigenvalue weighted by Gasteiger charge is 2.25. The van der Waals surface area contributed by atoms with E-state index in [0.717, 1.165) is 24.0 Å². The van der Waals surface area contributed by atoms with E-state index in [0.29, 0.717) is 18.8 Å². The lowest BCUT2D eigenvalue weighted by molar-refractivity contribution is -0.138. The maximum Gasteiger partial charge on any atom is 0.325 e. The van der Waals surface area contributed by atoms with Crippen LogP contribution in [0, 0.1) is 13.8 Å². The summed E-state index contributed by atoms with van der Waals surface area (Å²) in [5.74, 6) is -1.19. The molecule has 1 aliphatic heterocycles. The summed E-state index contributed by atoms with van der Waals surface area (Å²) in [5, 5.41) is 13.9. The van der Waals surface area contributed by atoms with Crippen LogP contribution in [-0.4, -0.2) is 72.1 Å². The lowest BCUT2D eigenvalue weighted by Gasteiger charge is -2.35. The molecule has 0 unspecified atom stereocenters. The van der Waals surface area contributed by atoms with Gasteiger partial charge in [-0.3, -0.25) is 24.7 Å². The molecule has 0 atom stereocenters. The third-order valence-electron chi connectivity index (χ3n) is 5.04. The average molecular weight is 376 g/mol. The summed E-state index contributed by atoms with van der Waals surface area (Å²) >= 11 is 0. The lowest BCUT2D eigenvalue weighted by Crippen LogP contribution is -2.48. The van der Waals surface area contributed by atoms with Gasteiger partial charge in [-0.1, -0.05) is 12.1 Å². The van der Waals surface area contributed by atoms with E-state index in [1.165, 1.54) is 0 Å². The third-order valence-corrected chi connectivity index (χ3v) is 5.04. The van der Waals surface area contributed by atoms with Crippen molar-refractivity contribution < 1.29 is 19.5 Å². The monoisotopic (exact) mass is 376 g/mol. The molecular formula is C19H28N4O4. The van der Waals surface area contributed by atoms with Crippen LogP contribution in [0.25, 0.3) is 0 Å². The quantitative estimate of drug-likeness (QED) is 0.694. The van der Waals surface area contributed by atoms with E-state index >= 15 is 0 Å². The van der Waals surface area contributed by atoms with E-state index in [9.17, 15) is 14.4 Å². The highest BCUT2D eigenvalue weighted by molar-refractivity contribution is 6.02. The number of likely N-dealkylation sites (tertiary alicyclic amines) is 1. The van der Waals surface area contributed by atoms with Crippen LogP contribution in [0.3, 0.4) is 0 Å². The van der Waals surface area contributed by atoms with Crippen LogP contribution >= 0.6 is 0 Å². The molecule has 1 aromatic carbocycles. The molecule has 1 heterocycles. The highest BCUT2D eigenvalue weighted by atomic mass is 16.4. The van der Waals surface area contributed by atoms with Crippen molar-refractivity contribution in [1.82, 2.24) is 15.1 Å². The molecule has 3 N–H and O–H groups in total. The Kier molecular flexibility index (Phi) is 7.32. The summed E-state index contributed by atoms with van der Waals surface area (Å²) in [4.78, 5) is 38.8. The Balaban J connectivity index is 1.75. The van der Waals surface area contributed by atoms with E-state index in [-0.39, 0.29) is 25.0 Å². The van der Waals surface area contributed by atoms with Gasteiger partial charge in [-0.25, -0.2) is 4.79 Å². The lowest BCUT2D eigenvalue weighted by atomic mass is 10.0. The summed E-state index contributed by atoms with van der Waals surface area (Å²) in [6.07, 6.45) is 1.59. The number of imide groups is 1. The molecule has 2 rings (SSSR count). The number of urea groups is 1. The van der Waals surface area contributed by atoms with E-state index < -0.39 is 12.0 Å². The van der Waals surface area contributed by atoms with E-state index in [1.807, 2.05) is 35.8 Å². The smallest absolute Gasteiger partial charge is 0.325 e. The molecule has 0 bridgehead atoms. The van der Waals surface area contributed by atoms with Crippen molar-refractivity contribution in [1.29, 1.82) is 0 Å². The summed E-state index contributed by atoms with van der Waals surface area (Å²) in [6.45, 7) is 5.43. The second-order valence-electron chi connectivity index (χ2n) is 7.07. The van der Waals surface area contributed by atoms with Gasteiger partial charge in [-0.05, 0) is 50.9 Å². The normalized spacial score (nSPS) is 15.6. The maximum absolute atomic E-state index is 12.1. The SMILES string of the molecule is Cc1cccc(NC(=O)NC(=O)CN2CCC(N(C)CC(=O)O)CC2)c1C. The number of benzene rings is 1. The van der Waals surface area contributed by atoms with Gasteiger partial charge in [0, 0.05) is 24.8 Å². The Morgan fingerprint density at radius 3 is 2.52 bits per heavy atom. The number of aliphatic carboxylic acids is 1. The van der Waals surface area contributed by atoms with E-state index in [4.69, 9.17) is 5.11 Å². The number of carbonyl (C=O) groups excluding carboxylic acids is 2. The number of amides is 3. The number of hydrogen-bond donors (Lipinski definition) is 3. The van der Waals surface area contributed by atoms with Gasteiger partial charge < -0.3 is 10.4 Å². The predicted molar refractivity (Wildman–Crippen MR) is 103 cm³/mol. The largest absolute Gasteiger partial charge is 0.480 e. The number of nitrogens with one attached hydrogen (secondary N) is 2. The van der Waals surface area contributed by atoms with Crippen LogP contribution in [0.4, 0.5) is 10.5 Å². The van der Waals surface area contributed by atoms with Crippen LogP contribution in [0.5, 0.6) is 0 Å². The van der Waals surface area contributed by atoms with Gasteiger partial charge in [0.05, 0.1) is 13.1 Å². The number of rotatable bonds is 6. The second kappa shape index (κ2) is 9.48. The molecule has 3 amide bonds. The van der Waals surface area contributed by atoms with Gasteiger partial charge in [0.15, 0.2) is 0 Å². The Morgan fingerprint density at radius 1 is 1.22 bits per heavy atom. The molecular weight excluding hydrogens is 348 g/mol. The number of piperidine rings is 1. The van der Waals surface area contributed by atoms with Crippen molar-refractivity contribution in [3.8, 4) is 0 Å². The number of likely N-dealkylation sites (N-methyl/N-ethyl adjacent to an activating group) is 1. The van der Waals surface area contributed by atoms with Crippen molar-refractivity contribution in [3.05, 3.63) is 29.3 Å². The van der Waals surface area contributed by atoms with Crippen molar-refractivity contribution in [2.45, 2.75) is 32.7 Å². The molecule has 1 aromatic rings. The van der Waals surface area contributed by atoms with Crippen LogP contribution in [-0.2, 0) is 9.59 Å². The zero-order valence-electron chi connectivity index (χ0n) is 16.1. The van der Waals surface area contributed by atoms with Crippen molar-refractivity contribution in [2.24, 2.45) is 0 Å². The first-order chi connectivity index (χ1) is 12.8. The summed E-state index contributed by atoms with van der Waals surface area (Å²) in [6, 6.07) is 5.27. The maximum atomic E-state index is 12.1. The molecule has 0 aromatic heterocycles. The van der Waals surface area contributed by atoms with Crippen LogP contribution in [0.1, 0.15) is 24.0 Å². The molecule has 0 spiro atoms. The topological polar surface area (TPSA) is 102 Å². The van der Waals surface area contributed by atoms with E-state index in [2.05, 4.69) is 10.6 Å². The van der Waals surface area contributed by atoms with Crippen molar-refractivity contribution in [3.63, 3.8) is 0 Å². The third kappa shape index (κ3) is 6.33. The Hall–Kier alpha value is -2.45. The molecule has 0 saturated carbocycles. The first-order valence-corrected chi connectivity index (χ1v) is 9.07. The predicted octanol–water partition coefficient (Wildman–Crippen LogP) is 1.43. The zero-order valence-corrected chi connectivity index (χ0v) is 16.1. The van der Waals surface area contributed by atoms with Gasteiger partial charge in [0.1, 0.15) is 0 Å². The minimum Gasteiger partial charge on any atom is -0.480 e. The number of aryl methyl sites for hydroxylation is 1. The standard InChI is InChI=1S/C19H28N4O4/c1-13-5-4-6-16(14(13)2)20-19(27)21-17(24)11-23-9-7-15(8-10-23)22(3)12-18(25)26/h4-6,15H,7-12H2,1-3H3,(H,25,26)(H2,20,21,24,27). The van der Waals surface area contributed by atoms with Gasteiger partial charge in [0.2, 0.25) is 5.91 Å². The van der Waals surface area contributed by atoms with Gasteiger partial charge >= 0.3 is 12.0 Å². The molecule has 148 valence electrons. The molecule has 1 saturated heterocycles. The Morgan fingerprint density at radius 2 is 1.89 bits per heavy atom. The first kappa shape index (κ1) is 20.9. The van der Waals surface area contributed by atoms with Gasteiger partial charge in [-0.15, -0.1) is 0 Å². The fourth-order valence-corrected chi connectivity index (χ4v) is 3.27. The van der Waals surface area contributed by atoms with Crippen LogP contribution in [0.2, 0.25) is 0 Å². The summed E-state index contributed by atoms with van der Waals surface area (Å²) < 4.78 is 0. The van der Waals surface area contributed by atoms with Gasteiger partial charge in [-0.2, -0.15) is 0 Å². The summed E-state index contributed by atoms with van der Waals surface area (Å²) in [7, 11) is 1.80. The average Bonchev–Trinajstić information content (AvgIpc) is 2.58. The number of carboxylic acid groups (broad SMARTS) is 1. The molecule has 1 fully saturated rings. The number of anilines is 1. The number of nitrogens with zero attached hydrogens (tertiary/aromatic N) is 2. The zero-order chi connectivity index (χ0) is 20.0. The molecule has 8 heteroatoms.